The van der Waals surface area contributed by atoms with Crippen LogP contribution in [0.15, 0.2) is 60.7 Å². The first-order chi connectivity index (χ1) is 20.9. The molecule has 10 nitrogen and oxygen atoms in total. The lowest BCUT2D eigenvalue weighted by Crippen LogP contribution is -2.49. The van der Waals surface area contributed by atoms with Gasteiger partial charge in [0.15, 0.2) is 11.6 Å². The average molecular weight is 607 g/mol. The van der Waals surface area contributed by atoms with Gasteiger partial charge >= 0.3 is 0 Å². The van der Waals surface area contributed by atoms with Crippen LogP contribution >= 0.6 is 11.8 Å². The zero-order chi connectivity index (χ0) is 30.6. The third-order valence-corrected chi connectivity index (χ3v) is 7.98. The number of thioether (sulfide) groups is 1. The molecule has 0 spiro atoms. The lowest BCUT2D eigenvalue weighted by molar-refractivity contribution is -0.132. The Morgan fingerprint density at radius 2 is 1.74 bits per heavy atom. The van der Waals surface area contributed by atoms with Crippen LogP contribution in [0.5, 0.6) is 5.75 Å². The molecule has 1 aromatic heterocycles. The highest BCUT2D eigenvalue weighted by molar-refractivity contribution is 7.98. The predicted octanol–water partition coefficient (Wildman–Crippen LogP) is 4.09. The van der Waals surface area contributed by atoms with E-state index in [1.807, 2.05) is 85.4 Å². The third kappa shape index (κ3) is 9.31. The maximum atomic E-state index is 13.5. The van der Waals surface area contributed by atoms with Crippen molar-refractivity contribution in [1.29, 1.82) is 0 Å². The lowest BCUT2D eigenvalue weighted by Gasteiger charge is -2.28. The summed E-state index contributed by atoms with van der Waals surface area (Å²) in [5.74, 6) is 2.12. The molecule has 4 rings (SSSR count). The number of amides is 3. The van der Waals surface area contributed by atoms with Crippen LogP contribution in [0.4, 0.5) is 0 Å². The molecule has 2 N–H and O–H groups in total. The summed E-state index contributed by atoms with van der Waals surface area (Å²) in [7, 11) is 0. The molecule has 11 heteroatoms. The van der Waals surface area contributed by atoms with Crippen LogP contribution in [0.2, 0.25) is 0 Å². The highest BCUT2D eigenvalue weighted by Crippen LogP contribution is 2.25. The van der Waals surface area contributed by atoms with Crippen molar-refractivity contribution in [3.05, 3.63) is 66.5 Å². The highest BCUT2D eigenvalue weighted by atomic mass is 32.2. The summed E-state index contributed by atoms with van der Waals surface area (Å²) in [6.45, 7) is 5.47. The van der Waals surface area contributed by atoms with Crippen molar-refractivity contribution < 1.29 is 19.1 Å². The lowest BCUT2D eigenvalue weighted by atomic mass is 10.0. The number of hydrogen-bond acceptors (Lipinski definition) is 7. The van der Waals surface area contributed by atoms with E-state index in [-0.39, 0.29) is 43.1 Å². The molecule has 0 bridgehead atoms. The number of aromatic nitrogens is 3. The number of para-hydroxylation sites is 1. The second-order valence-electron chi connectivity index (χ2n) is 10.9. The highest BCUT2D eigenvalue weighted by Gasteiger charge is 2.30. The first-order valence-corrected chi connectivity index (χ1v) is 16.3. The quantitative estimate of drug-likeness (QED) is 0.377. The summed E-state index contributed by atoms with van der Waals surface area (Å²) >= 11 is 1.63. The van der Waals surface area contributed by atoms with Crippen LogP contribution in [0.3, 0.4) is 0 Å². The Labute approximate surface area is 258 Å². The molecule has 1 aliphatic rings. The fraction of sp³-hybridized carbons (Fsp3) is 0.469. The minimum Gasteiger partial charge on any atom is -0.493 e. The minimum atomic E-state index is -0.665. The van der Waals surface area contributed by atoms with Crippen molar-refractivity contribution in [3.63, 3.8) is 0 Å². The van der Waals surface area contributed by atoms with E-state index in [0.29, 0.717) is 49.9 Å². The van der Waals surface area contributed by atoms with E-state index in [0.717, 1.165) is 11.3 Å². The maximum absolute atomic E-state index is 13.5. The molecule has 1 aliphatic heterocycles. The van der Waals surface area contributed by atoms with Crippen molar-refractivity contribution in [2.24, 2.45) is 5.92 Å². The second kappa shape index (κ2) is 16.1. The molecule has 0 aliphatic carbocycles. The smallest absolute Gasteiger partial charge is 0.243 e. The topological polar surface area (TPSA) is 118 Å². The van der Waals surface area contributed by atoms with E-state index in [9.17, 15) is 14.4 Å². The number of hydrogen-bond donors (Lipinski definition) is 2. The van der Waals surface area contributed by atoms with Gasteiger partial charge in [0.1, 0.15) is 11.8 Å². The van der Waals surface area contributed by atoms with Gasteiger partial charge in [-0.15, -0.1) is 0 Å². The number of carbonyl (C=O) groups excluding carboxylic acids is 3. The Morgan fingerprint density at radius 3 is 2.44 bits per heavy atom. The van der Waals surface area contributed by atoms with Gasteiger partial charge in [-0.05, 0) is 42.9 Å². The monoisotopic (exact) mass is 606 g/mol. The van der Waals surface area contributed by atoms with Crippen LogP contribution in [0.25, 0.3) is 11.4 Å². The third-order valence-electron chi connectivity index (χ3n) is 7.33. The molecule has 0 saturated heterocycles. The second-order valence-corrected chi connectivity index (χ2v) is 11.9. The van der Waals surface area contributed by atoms with Crippen molar-refractivity contribution >= 4 is 29.5 Å². The molecule has 2 atom stereocenters. The Bertz CT molecular complexity index is 1330. The number of carbonyl (C=O) groups is 3. The fourth-order valence-corrected chi connectivity index (χ4v) is 5.42. The van der Waals surface area contributed by atoms with Crippen LogP contribution in [-0.2, 0) is 20.9 Å². The molecule has 0 saturated carbocycles. The van der Waals surface area contributed by atoms with Gasteiger partial charge in [0.05, 0.1) is 25.6 Å². The Kier molecular flexibility index (Phi) is 12.0. The van der Waals surface area contributed by atoms with Gasteiger partial charge in [-0.2, -0.15) is 16.9 Å². The normalized spacial score (nSPS) is 18.4. The molecule has 0 radical (unpaired) electrons. The van der Waals surface area contributed by atoms with Crippen molar-refractivity contribution in [1.82, 2.24) is 30.3 Å². The summed E-state index contributed by atoms with van der Waals surface area (Å²) in [4.78, 5) is 46.5. The van der Waals surface area contributed by atoms with Crippen molar-refractivity contribution in [2.75, 3.05) is 31.7 Å². The summed E-state index contributed by atoms with van der Waals surface area (Å²) in [6, 6.07) is 18.0. The molecule has 3 amide bonds. The van der Waals surface area contributed by atoms with E-state index in [1.54, 1.807) is 16.7 Å². The average Bonchev–Trinajstić information content (AvgIpc) is 3.43. The van der Waals surface area contributed by atoms with Crippen LogP contribution in [0, 0.1) is 5.92 Å². The fourth-order valence-electron chi connectivity index (χ4n) is 4.95. The number of rotatable bonds is 9. The van der Waals surface area contributed by atoms with E-state index in [1.165, 1.54) is 0 Å². The summed E-state index contributed by atoms with van der Waals surface area (Å²) < 4.78 is 7.59. The molecular formula is C32H42N6O4S. The minimum absolute atomic E-state index is 0.00630. The van der Waals surface area contributed by atoms with E-state index in [2.05, 4.69) is 10.6 Å². The van der Waals surface area contributed by atoms with E-state index < -0.39 is 12.1 Å². The SMILES string of the molecule is CSCC[C@@H]1NC(=O)CCCN(C(=O)CCOc2ccccc2)CCn2nc(-c3ccccc3)nc2[C@@H](C(C)C)NC1=O. The van der Waals surface area contributed by atoms with Gasteiger partial charge in [0.25, 0.3) is 0 Å². The molecule has 0 unspecified atom stereocenters. The summed E-state index contributed by atoms with van der Waals surface area (Å²) in [5.41, 5.74) is 0.866. The van der Waals surface area contributed by atoms with Gasteiger partial charge in [-0.3, -0.25) is 14.4 Å². The number of nitrogens with zero attached hydrogens (tertiary/aromatic N) is 4. The van der Waals surface area contributed by atoms with Crippen LogP contribution in [-0.4, -0.2) is 75.1 Å². The number of nitrogens with one attached hydrogen (secondary N) is 2. The molecule has 0 fully saturated rings. The maximum Gasteiger partial charge on any atom is 0.243 e. The standard InChI is InChI=1S/C32H42N6O4S/c1-23(2)29-31-35-30(24-11-6-4-7-12-24)36-38(31)20-19-37(28(40)16-21-42-25-13-8-5-9-14-25)18-10-15-27(39)33-26(17-22-43-3)32(41)34-29/h4-9,11-14,23,26,29H,10,15-22H2,1-3H3,(H,33,39)(H,34,41)/t26-,29+/m0/s1. The Balaban J connectivity index is 1.61. The van der Waals surface area contributed by atoms with Gasteiger partial charge < -0.3 is 20.3 Å². The zero-order valence-electron chi connectivity index (χ0n) is 25.2. The predicted molar refractivity (Wildman–Crippen MR) is 168 cm³/mol. The van der Waals surface area contributed by atoms with Gasteiger partial charge in [-0.1, -0.05) is 62.4 Å². The van der Waals surface area contributed by atoms with Gasteiger partial charge in [0, 0.05) is 25.1 Å². The van der Waals surface area contributed by atoms with E-state index >= 15 is 0 Å². The van der Waals surface area contributed by atoms with Gasteiger partial charge in [0.2, 0.25) is 17.7 Å². The number of fused-ring (bicyclic) bond motifs is 1. The largest absolute Gasteiger partial charge is 0.493 e. The molecule has 2 aromatic carbocycles. The summed E-state index contributed by atoms with van der Waals surface area (Å²) in [5, 5.41) is 10.9. The number of benzene rings is 2. The molecule has 230 valence electrons. The molecule has 43 heavy (non-hydrogen) atoms. The van der Waals surface area contributed by atoms with Gasteiger partial charge in [-0.25, -0.2) is 9.67 Å². The van der Waals surface area contributed by atoms with E-state index in [4.69, 9.17) is 14.8 Å². The number of ether oxygens (including phenoxy) is 1. The molecule has 2 heterocycles. The summed E-state index contributed by atoms with van der Waals surface area (Å²) in [6.07, 6.45) is 3.39. The van der Waals surface area contributed by atoms with Crippen LogP contribution in [0.1, 0.15) is 51.4 Å². The Hall–Kier alpha value is -3.86. The first kappa shape index (κ1) is 32.1. The van der Waals surface area contributed by atoms with Crippen molar-refractivity contribution in [3.8, 4) is 17.1 Å². The zero-order valence-corrected chi connectivity index (χ0v) is 26.0. The molecule has 3 aromatic rings. The Morgan fingerprint density at radius 1 is 1.02 bits per heavy atom. The first-order valence-electron chi connectivity index (χ1n) is 14.9. The van der Waals surface area contributed by atoms with Crippen LogP contribution < -0.4 is 15.4 Å². The van der Waals surface area contributed by atoms with Crippen molar-refractivity contribution in [2.45, 2.75) is 58.2 Å². The molecular weight excluding hydrogens is 564 g/mol.